The van der Waals surface area contributed by atoms with E-state index in [1.54, 1.807) is 0 Å². The molecule has 0 aliphatic heterocycles. The van der Waals surface area contributed by atoms with Crippen LogP contribution in [0, 0.1) is 5.41 Å². The van der Waals surface area contributed by atoms with Gasteiger partial charge in [0.25, 0.3) is 0 Å². The average molecular weight is 355 g/mol. The van der Waals surface area contributed by atoms with Gasteiger partial charge < -0.3 is 11.5 Å². The van der Waals surface area contributed by atoms with Crippen molar-refractivity contribution in [2.75, 3.05) is 0 Å². The predicted molar refractivity (Wildman–Crippen MR) is 115 cm³/mol. The second-order valence-electron chi connectivity index (χ2n) is 8.50. The molecule has 0 aliphatic carbocycles. The summed E-state index contributed by atoms with van der Waals surface area (Å²) in [4.78, 5) is 0. The smallest absolute Gasteiger partial charge is 0.0694 e. The first-order valence-electron chi connectivity index (χ1n) is 11.6. The molecule has 0 bridgehead atoms. The molecule has 0 spiro atoms. The van der Waals surface area contributed by atoms with Gasteiger partial charge in [-0.2, -0.15) is 0 Å². The summed E-state index contributed by atoms with van der Waals surface area (Å²) in [6.07, 6.45) is 21.4. The van der Waals surface area contributed by atoms with Crippen LogP contribution in [0.15, 0.2) is 0 Å². The van der Waals surface area contributed by atoms with Crippen LogP contribution in [0.4, 0.5) is 0 Å². The molecule has 4 N–H and O–H groups in total. The Morgan fingerprint density at radius 2 is 0.760 bits per heavy atom. The molecule has 0 atom stereocenters. The molecule has 0 unspecified atom stereocenters. The lowest BCUT2D eigenvalue weighted by Gasteiger charge is -2.48. The molecule has 2 heteroatoms. The molecule has 0 amide bonds. The first kappa shape index (κ1) is 24.9. The van der Waals surface area contributed by atoms with Crippen LogP contribution in [0.2, 0.25) is 0 Å². The van der Waals surface area contributed by atoms with E-state index in [4.69, 9.17) is 11.5 Å². The third-order valence-corrected chi connectivity index (χ3v) is 6.21. The van der Waals surface area contributed by atoms with Crippen LogP contribution < -0.4 is 11.5 Å². The maximum Gasteiger partial charge on any atom is 0.0694 e. The highest BCUT2D eigenvalue weighted by molar-refractivity contribution is 4.98. The largest absolute Gasteiger partial charge is 0.313 e. The number of unbranched alkanes of at least 4 members (excludes halogenated alkanes) is 9. The van der Waals surface area contributed by atoms with E-state index in [9.17, 15) is 0 Å². The van der Waals surface area contributed by atoms with Gasteiger partial charge in [-0.1, -0.05) is 111 Å². The van der Waals surface area contributed by atoms with Gasteiger partial charge in [0.05, 0.1) is 5.66 Å². The first-order chi connectivity index (χ1) is 12.0. The Kier molecular flexibility index (Phi) is 15.0. The van der Waals surface area contributed by atoms with E-state index in [-0.39, 0.29) is 5.41 Å². The van der Waals surface area contributed by atoms with Crippen molar-refractivity contribution in [2.45, 2.75) is 143 Å². The third kappa shape index (κ3) is 9.99. The Hall–Kier alpha value is -0.0800. The van der Waals surface area contributed by atoms with Gasteiger partial charge in [-0.3, -0.25) is 0 Å². The zero-order valence-corrected chi connectivity index (χ0v) is 18.2. The van der Waals surface area contributed by atoms with Crippen LogP contribution in [-0.2, 0) is 0 Å². The zero-order valence-electron chi connectivity index (χ0n) is 18.2. The minimum atomic E-state index is -0.490. The minimum absolute atomic E-state index is 0.152. The Balaban J connectivity index is 5.14. The van der Waals surface area contributed by atoms with Gasteiger partial charge in [0.15, 0.2) is 0 Å². The lowest BCUT2D eigenvalue weighted by atomic mass is 9.64. The molecule has 0 aromatic carbocycles. The molecule has 0 fully saturated rings. The molecule has 25 heavy (non-hydrogen) atoms. The summed E-state index contributed by atoms with van der Waals surface area (Å²) >= 11 is 0. The van der Waals surface area contributed by atoms with Gasteiger partial charge in [0.2, 0.25) is 0 Å². The van der Waals surface area contributed by atoms with E-state index in [1.165, 1.54) is 103 Å². The van der Waals surface area contributed by atoms with Crippen molar-refractivity contribution in [3.8, 4) is 0 Å². The minimum Gasteiger partial charge on any atom is -0.313 e. The molecule has 152 valence electrons. The van der Waals surface area contributed by atoms with Crippen molar-refractivity contribution < 1.29 is 0 Å². The molecule has 0 aromatic rings. The molecular weight excluding hydrogens is 304 g/mol. The predicted octanol–water partition coefficient (Wildman–Crippen LogP) is 7.30. The quantitative estimate of drug-likeness (QED) is 0.200. The van der Waals surface area contributed by atoms with Crippen LogP contribution in [0.3, 0.4) is 0 Å². The third-order valence-electron chi connectivity index (χ3n) is 6.21. The highest BCUT2D eigenvalue weighted by Gasteiger charge is 2.44. The lowest BCUT2D eigenvalue weighted by Crippen LogP contribution is -2.62. The fourth-order valence-electron chi connectivity index (χ4n) is 4.32. The van der Waals surface area contributed by atoms with Crippen molar-refractivity contribution in [1.82, 2.24) is 0 Å². The van der Waals surface area contributed by atoms with E-state index in [0.29, 0.717) is 0 Å². The van der Waals surface area contributed by atoms with Crippen molar-refractivity contribution in [1.29, 1.82) is 0 Å². The molecule has 2 nitrogen and oxygen atoms in total. The van der Waals surface area contributed by atoms with Gasteiger partial charge in [0.1, 0.15) is 0 Å². The average Bonchev–Trinajstić information content (AvgIpc) is 2.58. The molecule has 0 rings (SSSR count). The van der Waals surface area contributed by atoms with Gasteiger partial charge in [0, 0.05) is 5.41 Å². The molecule has 0 saturated carbocycles. The fourth-order valence-corrected chi connectivity index (χ4v) is 4.32. The molecule has 0 saturated heterocycles. The number of rotatable bonds is 18. The van der Waals surface area contributed by atoms with E-state index < -0.39 is 5.66 Å². The lowest BCUT2D eigenvalue weighted by molar-refractivity contribution is 0.0645. The summed E-state index contributed by atoms with van der Waals surface area (Å²) in [5, 5.41) is 0. The number of hydrogen-bond acceptors (Lipinski definition) is 2. The van der Waals surface area contributed by atoms with Gasteiger partial charge in [-0.15, -0.1) is 0 Å². The Bertz CT molecular complexity index is 276. The van der Waals surface area contributed by atoms with Crippen LogP contribution in [0.25, 0.3) is 0 Å². The van der Waals surface area contributed by atoms with E-state index >= 15 is 0 Å². The molecule has 0 radical (unpaired) electrons. The standard InChI is InChI=1S/C23H50N2/c1-5-9-13-17-20-22(18-14-10-6-2,19-15-11-7-3)23(24,25)21-16-12-8-4/h5-21,24-25H2,1-4H3. The second kappa shape index (κ2) is 15.0. The molecule has 0 aromatic heterocycles. The first-order valence-corrected chi connectivity index (χ1v) is 11.6. The normalized spacial score (nSPS) is 12.7. The molecule has 0 heterocycles. The second-order valence-corrected chi connectivity index (χ2v) is 8.50. The molecular formula is C23H50N2. The Morgan fingerprint density at radius 1 is 0.440 bits per heavy atom. The molecule has 0 aliphatic rings. The summed E-state index contributed by atoms with van der Waals surface area (Å²) in [6, 6.07) is 0. The van der Waals surface area contributed by atoms with Crippen LogP contribution >= 0.6 is 0 Å². The Labute approximate surface area is 159 Å². The highest BCUT2D eigenvalue weighted by atomic mass is 15.0. The van der Waals surface area contributed by atoms with Gasteiger partial charge >= 0.3 is 0 Å². The van der Waals surface area contributed by atoms with Crippen LogP contribution in [0.5, 0.6) is 0 Å². The maximum atomic E-state index is 6.89. The van der Waals surface area contributed by atoms with Crippen LogP contribution in [-0.4, -0.2) is 5.66 Å². The Morgan fingerprint density at radius 3 is 1.16 bits per heavy atom. The topological polar surface area (TPSA) is 52.0 Å². The SMILES string of the molecule is CCCCCCC(CCCCC)(CCCCC)C(N)(N)CCCCC. The van der Waals surface area contributed by atoms with Crippen molar-refractivity contribution in [3.63, 3.8) is 0 Å². The van der Waals surface area contributed by atoms with Crippen molar-refractivity contribution in [3.05, 3.63) is 0 Å². The van der Waals surface area contributed by atoms with Crippen molar-refractivity contribution >= 4 is 0 Å². The van der Waals surface area contributed by atoms with Gasteiger partial charge in [-0.05, 0) is 25.7 Å². The summed E-state index contributed by atoms with van der Waals surface area (Å²) in [7, 11) is 0. The summed E-state index contributed by atoms with van der Waals surface area (Å²) in [6.45, 7) is 9.13. The zero-order chi connectivity index (χ0) is 19.0. The fraction of sp³-hybridized carbons (Fsp3) is 1.00. The number of nitrogens with two attached hydrogens (primary N) is 2. The maximum absolute atomic E-state index is 6.89. The van der Waals surface area contributed by atoms with E-state index in [2.05, 4.69) is 27.7 Å². The summed E-state index contributed by atoms with van der Waals surface area (Å²) in [5.41, 5.74) is 13.4. The van der Waals surface area contributed by atoms with Crippen molar-refractivity contribution in [2.24, 2.45) is 16.9 Å². The number of hydrogen-bond donors (Lipinski definition) is 2. The van der Waals surface area contributed by atoms with Crippen LogP contribution in [0.1, 0.15) is 137 Å². The van der Waals surface area contributed by atoms with E-state index in [0.717, 1.165) is 6.42 Å². The monoisotopic (exact) mass is 354 g/mol. The van der Waals surface area contributed by atoms with E-state index in [1.807, 2.05) is 0 Å². The van der Waals surface area contributed by atoms with Gasteiger partial charge in [-0.25, -0.2) is 0 Å². The highest BCUT2D eigenvalue weighted by Crippen LogP contribution is 2.45. The summed E-state index contributed by atoms with van der Waals surface area (Å²) < 4.78 is 0. The summed E-state index contributed by atoms with van der Waals surface area (Å²) in [5.74, 6) is 0.